The zero-order chi connectivity index (χ0) is 13.8. The Bertz CT molecular complexity index is 504. The van der Waals surface area contributed by atoms with E-state index >= 15 is 0 Å². The SMILES string of the molecule is CC(N[C@H](C)c1ccccc1Cl)c1ccccc1Cl. The second-order valence-corrected chi connectivity index (χ2v) is 5.47. The van der Waals surface area contributed by atoms with Crippen LogP contribution in [0.5, 0.6) is 0 Å². The quantitative estimate of drug-likeness (QED) is 0.795. The Balaban J connectivity index is 2.13. The normalized spacial score (nSPS) is 14.1. The molecule has 0 saturated heterocycles. The van der Waals surface area contributed by atoms with Crippen LogP contribution < -0.4 is 5.32 Å². The maximum absolute atomic E-state index is 6.21. The predicted octanol–water partition coefficient (Wildman–Crippen LogP) is 5.41. The van der Waals surface area contributed by atoms with E-state index in [1.165, 1.54) is 0 Å². The van der Waals surface area contributed by atoms with Crippen molar-refractivity contribution in [2.24, 2.45) is 0 Å². The molecule has 1 nitrogen and oxygen atoms in total. The Morgan fingerprint density at radius 2 is 1.11 bits per heavy atom. The van der Waals surface area contributed by atoms with Crippen molar-refractivity contribution in [1.29, 1.82) is 0 Å². The van der Waals surface area contributed by atoms with Crippen molar-refractivity contribution in [3.05, 3.63) is 69.7 Å². The first-order valence-electron chi connectivity index (χ1n) is 6.34. The van der Waals surface area contributed by atoms with Crippen LogP contribution in [0, 0.1) is 0 Å². The van der Waals surface area contributed by atoms with E-state index in [0.29, 0.717) is 0 Å². The number of hydrogen-bond acceptors (Lipinski definition) is 1. The van der Waals surface area contributed by atoms with Crippen LogP contribution in [0.2, 0.25) is 10.0 Å². The second-order valence-electron chi connectivity index (χ2n) is 4.65. The monoisotopic (exact) mass is 293 g/mol. The largest absolute Gasteiger partial charge is 0.304 e. The highest BCUT2D eigenvalue weighted by atomic mass is 35.5. The third kappa shape index (κ3) is 3.50. The van der Waals surface area contributed by atoms with Crippen molar-refractivity contribution >= 4 is 23.2 Å². The molecule has 2 atom stereocenters. The van der Waals surface area contributed by atoms with E-state index in [-0.39, 0.29) is 12.1 Å². The minimum Gasteiger partial charge on any atom is -0.304 e. The lowest BCUT2D eigenvalue weighted by molar-refractivity contribution is 0.495. The van der Waals surface area contributed by atoms with Gasteiger partial charge in [-0.05, 0) is 37.1 Å². The van der Waals surface area contributed by atoms with Crippen LogP contribution in [0.4, 0.5) is 0 Å². The van der Waals surface area contributed by atoms with E-state index in [1.54, 1.807) is 0 Å². The summed E-state index contributed by atoms with van der Waals surface area (Å²) in [6.07, 6.45) is 0. The molecule has 1 unspecified atom stereocenters. The summed E-state index contributed by atoms with van der Waals surface area (Å²) in [5.74, 6) is 0. The maximum atomic E-state index is 6.21. The summed E-state index contributed by atoms with van der Waals surface area (Å²) in [5.41, 5.74) is 2.20. The van der Waals surface area contributed by atoms with Gasteiger partial charge in [0.2, 0.25) is 0 Å². The number of hydrogen-bond donors (Lipinski definition) is 1. The molecule has 1 N–H and O–H groups in total. The van der Waals surface area contributed by atoms with E-state index in [9.17, 15) is 0 Å². The Morgan fingerprint density at radius 3 is 1.47 bits per heavy atom. The van der Waals surface area contributed by atoms with Gasteiger partial charge in [-0.15, -0.1) is 0 Å². The molecule has 0 radical (unpaired) electrons. The molecule has 19 heavy (non-hydrogen) atoms. The van der Waals surface area contributed by atoms with Crippen molar-refractivity contribution in [1.82, 2.24) is 5.32 Å². The summed E-state index contributed by atoms with van der Waals surface area (Å²) in [6.45, 7) is 4.21. The second kappa shape index (κ2) is 6.42. The van der Waals surface area contributed by atoms with Crippen LogP contribution in [0.3, 0.4) is 0 Å². The van der Waals surface area contributed by atoms with Gasteiger partial charge in [-0.2, -0.15) is 0 Å². The topological polar surface area (TPSA) is 12.0 Å². The number of halogens is 2. The van der Waals surface area contributed by atoms with Crippen LogP contribution in [0.1, 0.15) is 37.1 Å². The molecule has 2 aromatic carbocycles. The van der Waals surface area contributed by atoms with Gasteiger partial charge in [0.05, 0.1) is 0 Å². The fourth-order valence-corrected chi connectivity index (χ4v) is 2.81. The lowest BCUT2D eigenvalue weighted by Crippen LogP contribution is -2.22. The van der Waals surface area contributed by atoms with E-state index in [2.05, 4.69) is 19.2 Å². The zero-order valence-corrected chi connectivity index (χ0v) is 12.5. The van der Waals surface area contributed by atoms with Gasteiger partial charge in [-0.25, -0.2) is 0 Å². The number of nitrogens with one attached hydrogen (secondary N) is 1. The van der Waals surface area contributed by atoms with Crippen molar-refractivity contribution in [3.8, 4) is 0 Å². The van der Waals surface area contributed by atoms with Crippen molar-refractivity contribution in [2.75, 3.05) is 0 Å². The molecule has 0 aliphatic rings. The first-order chi connectivity index (χ1) is 9.09. The fourth-order valence-electron chi connectivity index (χ4n) is 2.21. The molecule has 2 rings (SSSR count). The van der Waals surface area contributed by atoms with Crippen molar-refractivity contribution in [3.63, 3.8) is 0 Å². The molecule has 0 saturated carbocycles. The van der Waals surface area contributed by atoms with Gasteiger partial charge in [0, 0.05) is 22.1 Å². The highest BCUT2D eigenvalue weighted by molar-refractivity contribution is 6.31. The molecule has 2 aromatic rings. The summed E-state index contributed by atoms with van der Waals surface area (Å²) in [7, 11) is 0. The minimum absolute atomic E-state index is 0.167. The first kappa shape index (κ1) is 14.4. The fraction of sp³-hybridized carbons (Fsp3) is 0.250. The van der Waals surface area contributed by atoms with Gasteiger partial charge in [0.15, 0.2) is 0 Å². The Hall–Kier alpha value is -1.02. The molecule has 0 aliphatic heterocycles. The first-order valence-corrected chi connectivity index (χ1v) is 7.10. The van der Waals surface area contributed by atoms with E-state index in [0.717, 1.165) is 21.2 Å². The molecule has 0 heterocycles. The molecule has 0 aromatic heterocycles. The molecule has 0 amide bonds. The van der Waals surface area contributed by atoms with Crippen molar-refractivity contribution < 1.29 is 0 Å². The lowest BCUT2D eigenvalue weighted by Gasteiger charge is -2.22. The van der Waals surface area contributed by atoms with Gasteiger partial charge >= 0.3 is 0 Å². The molecule has 0 fully saturated rings. The number of rotatable bonds is 4. The Labute approximate surface area is 124 Å². The molecule has 0 spiro atoms. The zero-order valence-electron chi connectivity index (χ0n) is 11.0. The highest BCUT2D eigenvalue weighted by Crippen LogP contribution is 2.27. The van der Waals surface area contributed by atoms with Gasteiger partial charge in [0.1, 0.15) is 0 Å². The van der Waals surface area contributed by atoms with E-state index < -0.39 is 0 Å². The lowest BCUT2D eigenvalue weighted by atomic mass is 10.0. The summed E-state index contributed by atoms with van der Waals surface area (Å²) < 4.78 is 0. The summed E-state index contributed by atoms with van der Waals surface area (Å²) in [5, 5.41) is 5.10. The maximum Gasteiger partial charge on any atom is 0.0453 e. The van der Waals surface area contributed by atoms with Gasteiger partial charge in [-0.3, -0.25) is 0 Å². The molecular weight excluding hydrogens is 277 g/mol. The van der Waals surface area contributed by atoms with Gasteiger partial charge < -0.3 is 5.32 Å². The summed E-state index contributed by atoms with van der Waals surface area (Å²) >= 11 is 12.4. The van der Waals surface area contributed by atoms with E-state index in [1.807, 2.05) is 48.5 Å². The molecule has 0 bridgehead atoms. The van der Waals surface area contributed by atoms with Crippen LogP contribution in [0.15, 0.2) is 48.5 Å². The minimum atomic E-state index is 0.167. The molecular formula is C16H17Cl2N. The summed E-state index contributed by atoms with van der Waals surface area (Å²) in [6, 6.07) is 16.1. The van der Waals surface area contributed by atoms with Crippen LogP contribution in [-0.4, -0.2) is 0 Å². The smallest absolute Gasteiger partial charge is 0.0453 e. The average Bonchev–Trinajstić information content (AvgIpc) is 2.39. The van der Waals surface area contributed by atoms with E-state index in [4.69, 9.17) is 23.2 Å². The van der Waals surface area contributed by atoms with Crippen LogP contribution in [-0.2, 0) is 0 Å². The highest BCUT2D eigenvalue weighted by Gasteiger charge is 2.14. The number of benzene rings is 2. The Kier molecular flexibility index (Phi) is 4.87. The third-order valence-corrected chi connectivity index (χ3v) is 3.93. The molecule has 0 aliphatic carbocycles. The third-order valence-electron chi connectivity index (χ3n) is 3.24. The Morgan fingerprint density at radius 1 is 0.737 bits per heavy atom. The standard InChI is InChI=1S/C16H17Cl2N/c1-11(13-7-3-5-9-15(13)17)19-12(2)14-8-4-6-10-16(14)18/h3-12,19H,1-2H3/t11-,12?/m1/s1. The van der Waals surface area contributed by atoms with Crippen molar-refractivity contribution in [2.45, 2.75) is 25.9 Å². The molecule has 100 valence electrons. The molecule has 3 heteroatoms. The van der Waals surface area contributed by atoms with Gasteiger partial charge in [-0.1, -0.05) is 59.6 Å². The predicted molar refractivity (Wildman–Crippen MR) is 82.9 cm³/mol. The van der Waals surface area contributed by atoms with Crippen LogP contribution in [0.25, 0.3) is 0 Å². The average molecular weight is 294 g/mol. The van der Waals surface area contributed by atoms with Crippen LogP contribution >= 0.6 is 23.2 Å². The summed E-state index contributed by atoms with van der Waals surface area (Å²) in [4.78, 5) is 0. The van der Waals surface area contributed by atoms with Gasteiger partial charge in [0.25, 0.3) is 0 Å².